The minimum atomic E-state index is -0.383. The molecule has 2 aliphatic rings. The Bertz CT molecular complexity index is 651. The molecule has 1 heterocycles. The number of nitrogens with two attached hydrogens (primary N) is 1. The standard InChI is InChI=1S/C17H22N4O3.ClH/c18-8-12-4-2-6-14(12)16(23)20-13-5-1-3-11(7-13)10-21-15(22)9-19-17(21)24;/h1,3,5,7,12,14H,2,4,6,8-10,18H2,(H,19,24)(H,20,23);1H/t12-,14-;/m1./s1. The van der Waals surface area contributed by atoms with Crippen molar-refractivity contribution in [3.05, 3.63) is 29.8 Å². The van der Waals surface area contributed by atoms with Crippen LogP contribution in [0.4, 0.5) is 10.5 Å². The molecule has 4 amide bonds. The Balaban J connectivity index is 0.00000225. The lowest BCUT2D eigenvalue weighted by Crippen LogP contribution is -2.30. The van der Waals surface area contributed by atoms with Crippen molar-refractivity contribution in [2.45, 2.75) is 25.8 Å². The molecule has 1 saturated carbocycles. The third kappa shape index (κ3) is 4.29. The fraction of sp³-hybridized carbons (Fsp3) is 0.471. The lowest BCUT2D eigenvalue weighted by Gasteiger charge is -2.18. The van der Waals surface area contributed by atoms with Crippen molar-refractivity contribution in [1.82, 2.24) is 10.2 Å². The van der Waals surface area contributed by atoms with Gasteiger partial charge >= 0.3 is 6.03 Å². The van der Waals surface area contributed by atoms with Gasteiger partial charge in [-0.2, -0.15) is 0 Å². The molecular weight excluding hydrogens is 344 g/mol. The molecule has 0 unspecified atom stereocenters. The minimum absolute atomic E-state index is 0. The first-order valence-corrected chi connectivity index (χ1v) is 8.26. The average Bonchev–Trinajstić information content (AvgIpc) is 3.17. The third-order valence-corrected chi connectivity index (χ3v) is 4.77. The Hall–Kier alpha value is -2.12. The maximum absolute atomic E-state index is 12.4. The molecule has 1 aromatic rings. The number of hydrogen-bond donors (Lipinski definition) is 3. The molecule has 1 aliphatic heterocycles. The van der Waals surface area contributed by atoms with Crippen LogP contribution in [-0.2, 0) is 16.1 Å². The molecular formula is C17H23ClN4O3. The van der Waals surface area contributed by atoms with Gasteiger partial charge in [0.05, 0.1) is 13.1 Å². The zero-order valence-corrected chi connectivity index (χ0v) is 14.7. The van der Waals surface area contributed by atoms with Crippen LogP contribution in [0.25, 0.3) is 0 Å². The first kappa shape index (κ1) is 19.2. The van der Waals surface area contributed by atoms with Crippen molar-refractivity contribution in [3.8, 4) is 0 Å². The Morgan fingerprint density at radius 2 is 2.12 bits per heavy atom. The molecule has 8 heteroatoms. The number of urea groups is 1. The van der Waals surface area contributed by atoms with Crippen molar-refractivity contribution in [2.75, 3.05) is 18.4 Å². The van der Waals surface area contributed by atoms with Gasteiger partial charge in [0.1, 0.15) is 0 Å². The summed E-state index contributed by atoms with van der Waals surface area (Å²) in [7, 11) is 0. The summed E-state index contributed by atoms with van der Waals surface area (Å²) >= 11 is 0. The number of carbonyl (C=O) groups is 3. The van der Waals surface area contributed by atoms with Gasteiger partial charge in [0, 0.05) is 11.6 Å². The third-order valence-electron chi connectivity index (χ3n) is 4.77. The molecule has 1 aliphatic carbocycles. The van der Waals surface area contributed by atoms with Crippen molar-refractivity contribution >= 4 is 35.9 Å². The van der Waals surface area contributed by atoms with E-state index in [1.807, 2.05) is 6.07 Å². The fourth-order valence-corrected chi connectivity index (χ4v) is 3.44. The number of amides is 4. The molecule has 2 fully saturated rings. The number of imide groups is 1. The first-order chi connectivity index (χ1) is 11.6. The monoisotopic (exact) mass is 366 g/mol. The normalized spacial score (nSPS) is 22.5. The predicted molar refractivity (Wildman–Crippen MR) is 96.2 cm³/mol. The second-order valence-corrected chi connectivity index (χ2v) is 6.36. The molecule has 0 radical (unpaired) electrons. The van der Waals surface area contributed by atoms with Crippen molar-refractivity contribution in [2.24, 2.45) is 17.6 Å². The van der Waals surface area contributed by atoms with Gasteiger partial charge in [-0.15, -0.1) is 12.4 Å². The SMILES string of the molecule is Cl.NC[C@H]1CCC[C@H]1C(=O)Nc1cccc(CN2C(=O)CNC2=O)c1. The molecule has 1 saturated heterocycles. The van der Waals surface area contributed by atoms with Gasteiger partial charge in [-0.1, -0.05) is 18.6 Å². The molecule has 3 rings (SSSR count). The number of hydrogen-bond acceptors (Lipinski definition) is 4. The first-order valence-electron chi connectivity index (χ1n) is 8.26. The zero-order chi connectivity index (χ0) is 17.1. The van der Waals surface area contributed by atoms with Crippen LogP contribution in [-0.4, -0.2) is 35.8 Å². The Labute approximate surface area is 152 Å². The average molecular weight is 367 g/mol. The molecule has 4 N–H and O–H groups in total. The molecule has 7 nitrogen and oxygen atoms in total. The van der Waals surface area contributed by atoms with Crippen LogP contribution in [0.1, 0.15) is 24.8 Å². The van der Waals surface area contributed by atoms with Gasteiger partial charge in [0.2, 0.25) is 11.8 Å². The smallest absolute Gasteiger partial charge is 0.324 e. The van der Waals surface area contributed by atoms with Gasteiger partial charge in [0.25, 0.3) is 0 Å². The second-order valence-electron chi connectivity index (χ2n) is 6.36. The van der Waals surface area contributed by atoms with Crippen LogP contribution < -0.4 is 16.4 Å². The Morgan fingerprint density at radius 3 is 2.80 bits per heavy atom. The maximum atomic E-state index is 12.4. The lowest BCUT2D eigenvalue weighted by atomic mass is 9.95. The van der Waals surface area contributed by atoms with E-state index >= 15 is 0 Å². The Morgan fingerprint density at radius 1 is 1.32 bits per heavy atom. The zero-order valence-electron chi connectivity index (χ0n) is 13.9. The quantitative estimate of drug-likeness (QED) is 0.686. The number of halogens is 1. The lowest BCUT2D eigenvalue weighted by molar-refractivity contribution is -0.125. The van der Waals surface area contributed by atoms with Gasteiger partial charge in [-0.05, 0) is 43.0 Å². The van der Waals surface area contributed by atoms with E-state index in [1.165, 1.54) is 4.90 Å². The van der Waals surface area contributed by atoms with Crippen LogP contribution >= 0.6 is 12.4 Å². The predicted octanol–water partition coefficient (Wildman–Crippen LogP) is 1.47. The summed E-state index contributed by atoms with van der Waals surface area (Å²) in [6.07, 6.45) is 2.91. The topological polar surface area (TPSA) is 105 Å². The summed E-state index contributed by atoms with van der Waals surface area (Å²) in [6, 6.07) is 6.85. The minimum Gasteiger partial charge on any atom is -0.330 e. The van der Waals surface area contributed by atoms with E-state index in [0.29, 0.717) is 12.2 Å². The Kier molecular flexibility index (Phi) is 6.39. The van der Waals surface area contributed by atoms with E-state index in [2.05, 4.69) is 10.6 Å². The summed E-state index contributed by atoms with van der Waals surface area (Å²) in [4.78, 5) is 36.9. The van der Waals surface area contributed by atoms with Crippen LogP contribution in [0, 0.1) is 11.8 Å². The second kappa shape index (κ2) is 8.31. The number of carbonyl (C=O) groups excluding carboxylic acids is 3. The highest BCUT2D eigenvalue weighted by Gasteiger charge is 2.32. The highest BCUT2D eigenvalue weighted by molar-refractivity contribution is 6.01. The highest BCUT2D eigenvalue weighted by Crippen LogP contribution is 2.32. The molecule has 0 bridgehead atoms. The largest absolute Gasteiger partial charge is 0.330 e. The molecule has 0 aromatic heterocycles. The summed E-state index contributed by atoms with van der Waals surface area (Å²) in [6.45, 7) is 0.769. The summed E-state index contributed by atoms with van der Waals surface area (Å²) in [5.41, 5.74) is 7.21. The van der Waals surface area contributed by atoms with E-state index in [0.717, 1.165) is 24.8 Å². The fourth-order valence-electron chi connectivity index (χ4n) is 3.44. The maximum Gasteiger partial charge on any atom is 0.324 e. The van der Waals surface area contributed by atoms with Crippen LogP contribution in [0.5, 0.6) is 0 Å². The van der Waals surface area contributed by atoms with E-state index < -0.39 is 0 Å². The summed E-state index contributed by atoms with van der Waals surface area (Å²) < 4.78 is 0. The van der Waals surface area contributed by atoms with Crippen LogP contribution in [0.2, 0.25) is 0 Å². The molecule has 25 heavy (non-hydrogen) atoms. The van der Waals surface area contributed by atoms with Crippen molar-refractivity contribution in [3.63, 3.8) is 0 Å². The summed E-state index contributed by atoms with van der Waals surface area (Å²) in [5.74, 6) is -0.0371. The molecule has 2 atom stereocenters. The summed E-state index contributed by atoms with van der Waals surface area (Å²) in [5, 5.41) is 5.43. The van der Waals surface area contributed by atoms with Gasteiger partial charge in [0.15, 0.2) is 0 Å². The van der Waals surface area contributed by atoms with Gasteiger partial charge < -0.3 is 16.4 Å². The van der Waals surface area contributed by atoms with Gasteiger partial charge in [-0.25, -0.2) is 4.79 Å². The number of benzene rings is 1. The van der Waals surface area contributed by atoms with E-state index in [1.54, 1.807) is 18.2 Å². The van der Waals surface area contributed by atoms with E-state index in [9.17, 15) is 14.4 Å². The number of nitrogens with zero attached hydrogens (tertiary/aromatic N) is 1. The van der Waals surface area contributed by atoms with E-state index in [4.69, 9.17) is 5.73 Å². The van der Waals surface area contributed by atoms with E-state index in [-0.39, 0.29) is 55.2 Å². The van der Waals surface area contributed by atoms with Crippen LogP contribution in [0.15, 0.2) is 24.3 Å². The number of anilines is 1. The number of nitrogens with one attached hydrogen (secondary N) is 2. The van der Waals surface area contributed by atoms with Crippen LogP contribution in [0.3, 0.4) is 0 Å². The van der Waals surface area contributed by atoms with Crippen molar-refractivity contribution in [1.29, 1.82) is 0 Å². The van der Waals surface area contributed by atoms with Gasteiger partial charge in [-0.3, -0.25) is 14.5 Å². The molecule has 0 spiro atoms. The number of rotatable bonds is 5. The van der Waals surface area contributed by atoms with Crippen molar-refractivity contribution < 1.29 is 14.4 Å². The molecule has 136 valence electrons. The molecule has 1 aromatic carbocycles. The highest BCUT2D eigenvalue weighted by atomic mass is 35.5.